The third kappa shape index (κ3) is 3.87. The first-order valence-corrected chi connectivity index (χ1v) is 8.47. The summed E-state index contributed by atoms with van der Waals surface area (Å²) in [6.07, 6.45) is -4.53. The van der Waals surface area contributed by atoms with E-state index in [-0.39, 0.29) is 22.7 Å². The van der Waals surface area contributed by atoms with Gasteiger partial charge in [0.15, 0.2) is 5.84 Å². The normalized spacial score (nSPS) is 13.7. The van der Waals surface area contributed by atoms with Gasteiger partial charge in [0, 0.05) is 16.7 Å². The van der Waals surface area contributed by atoms with E-state index in [0.717, 1.165) is 18.2 Å². The maximum Gasteiger partial charge on any atom is 0.416 e. The molecule has 0 bridgehead atoms. The van der Waals surface area contributed by atoms with Crippen molar-refractivity contribution in [3.8, 4) is 0 Å². The summed E-state index contributed by atoms with van der Waals surface area (Å²) in [5.41, 5.74) is 3.16. The SMILES string of the molecule is Fc1ccc(C2=Nc3ccc(F)cc3C(c3cccc(C(F)(F)F)c3)=NN2)cc1. The van der Waals surface area contributed by atoms with E-state index >= 15 is 0 Å². The number of aliphatic imine (C=N–C) groups is 1. The van der Waals surface area contributed by atoms with Gasteiger partial charge >= 0.3 is 6.18 Å². The number of fused-ring (bicyclic) bond motifs is 1. The Morgan fingerprint density at radius 2 is 1.48 bits per heavy atom. The van der Waals surface area contributed by atoms with Crippen LogP contribution in [0.5, 0.6) is 0 Å². The minimum atomic E-state index is -4.53. The Bertz CT molecular complexity index is 1130. The van der Waals surface area contributed by atoms with Crippen LogP contribution in [0.2, 0.25) is 0 Å². The van der Waals surface area contributed by atoms with E-state index in [9.17, 15) is 22.0 Å². The number of nitrogens with zero attached hydrogens (tertiary/aromatic N) is 2. The molecule has 0 saturated heterocycles. The van der Waals surface area contributed by atoms with Crippen LogP contribution in [0.1, 0.15) is 22.3 Å². The predicted molar refractivity (Wildman–Crippen MR) is 99.2 cm³/mol. The number of hydrogen-bond donors (Lipinski definition) is 1. The van der Waals surface area contributed by atoms with Crippen LogP contribution in [-0.2, 0) is 6.18 Å². The predicted octanol–water partition coefficient (Wildman–Crippen LogP) is 5.42. The fraction of sp³-hybridized carbons (Fsp3) is 0.0476. The van der Waals surface area contributed by atoms with Crippen molar-refractivity contribution in [3.63, 3.8) is 0 Å². The van der Waals surface area contributed by atoms with Gasteiger partial charge < -0.3 is 0 Å². The molecule has 29 heavy (non-hydrogen) atoms. The first kappa shape index (κ1) is 18.8. The third-order valence-corrected chi connectivity index (χ3v) is 4.30. The monoisotopic (exact) mass is 401 g/mol. The van der Waals surface area contributed by atoms with Crippen LogP contribution < -0.4 is 5.43 Å². The molecule has 4 rings (SSSR count). The van der Waals surface area contributed by atoms with Crippen LogP contribution in [-0.4, -0.2) is 11.5 Å². The highest BCUT2D eigenvalue weighted by atomic mass is 19.4. The highest BCUT2D eigenvalue weighted by molar-refractivity contribution is 6.18. The van der Waals surface area contributed by atoms with Crippen molar-refractivity contribution in [1.82, 2.24) is 5.43 Å². The van der Waals surface area contributed by atoms with E-state index in [1.54, 1.807) is 0 Å². The Morgan fingerprint density at radius 3 is 2.21 bits per heavy atom. The standard InChI is InChI=1S/C21H12F5N3/c22-15-6-4-12(5-7-15)20-27-18-9-8-16(23)11-17(18)19(28-29-20)13-2-1-3-14(10-13)21(24,25)26/h1-11H,(H,27,29). The quantitative estimate of drug-likeness (QED) is 0.572. The largest absolute Gasteiger partial charge is 0.416 e. The molecule has 0 spiro atoms. The molecule has 0 fully saturated rings. The molecule has 146 valence electrons. The molecular formula is C21H12F5N3. The Balaban J connectivity index is 1.85. The number of rotatable bonds is 2. The van der Waals surface area contributed by atoms with Gasteiger partial charge in [0.05, 0.1) is 11.3 Å². The van der Waals surface area contributed by atoms with E-state index in [4.69, 9.17) is 0 Å². The maximum atomic E-state index is 13.9. The summed E-state index contributed by atoms with van der Waals surface area (Å²) in [6, 6.07) is 13.8. The van der Waals surface area contributed by atoms with Gasteiger partial charge in [-0.25, -0.2) is 13.8 Å². The van der Waals surface area contributed by atoms with Crippen molar-refractivity contribution in [1.29, 1.82) is 0 Å². The number of hydrazone groups is 1. The maximum absolute atomic E-state index is 13.9. The van der Waals surface area contributed by atoms with Crippen molar-refractivity contribution in [2.45, 2.75) is 6.18 Å². The summed E-state index contributed by atoms with van der Waals surface area (Å²) < 4.78 is 66.5. The van der Waals surface area contributed by atoms with Gasteiger partial charge in [0.1, 0.15) is 17.3 Å². The second kappa shape index (κ2) is 7.12. The van der Waals surface area contributed by atoms with Gasteiger partial charge in [-0.05, 0) is 54.6 Å². The molecule has 0 saturated carbocycles. The molecule has 0 amide bonds. The molecule has 0 radical (unpaired) electrons. The summed E-state index contributed by atoms with van der Waals surface area (Å²) in [5.74, 6) is -0.762. The average Bonchev–Trinajstić information content (AvgIpc) is 2.87. The molecule has 1 aliphatic heterocycles. The van der Waals surface area contributed by atoms with E-state index in [1.165, 1.54) is 48.5 Å². The fourth-order valence-corrected chi connectivity index (χ4v) is 2.91. The molecule has 0 unspecified atom stereocenters. The summed E-state index contributed by atoms with van der Waals surface area (Å²) in [4.78, 5) is 4.41. The molecule has 8 heteroatoms. The van der Waals surface area contributed by atoms with Crippen molar-refractivity contribution >= 4 is 17.2 Å². The molecule has 0 aromatic heterocycles. The van der Waals surface area contributed by atoms with Crippen molar-refractivity contribution < 1.29 is 22.0 Å². The molecule has 3 aromatic rings. The summed E-state index contributed by atoms with van der Waals surface area (Å²) in [6.45, 7) is 0. The van der Waals surface area contributed by atoms with E-state index in [2.05, 4.69) is 15.5 Å². The first-order valence-electron chi connectivity index (χ1n) is 8.47. The van der Waals surface area contributed by atoms with Gasteiger partial charge in [0.2, 0.25) is 0 Å². The highest BCUT2D eigenvalue weighted by Crippen LogP contribution is 2.32. The van der Waals surface area contributed by atoms with Gasteiger partial charge in [-0.2, -0.15) is 18.3 Å². The highest BCUT2D eigenvalue weighted by Gasteiger charge is 2.31. The fourth-order valence-electron chi connectivity index (χ4n) is 2.91. The summed E-state index contributed by atoms with van der Waals surface area (Å²) in [5, 5.41) is 4.19. The molecule has 1 aliphatic rings. The molecule has 1 N–H and O–H groups in total. The minimum Gasteiger partial charge on any atom is -0.260 e. The Kier molecular flexibility index (Phi) is 4.62. The Morgan fingerprint density at radius 1 is 0.759 bits per heavy atom. The second-order valence-corrected chi connectivity index (χ2v) is 6.28. The van der Waals surface area contributed by atoms with Crippen LogP contribution in [0.15, 0.2) is 76.8 Å². The third-order valence-electron chi connectivity index (χ3n) is 4.30. The molecular weight excluding hydrogens is 389 g/mol. The van der Waals surface area contributed by atoms with Crippen LogP contribution >= 0.6 is 0 Å². The van der Waals surface area contributed by atoms with Crippen molar-refractivity contribution in [3.05, 3.63) is 101 Å². The molecule has 1 heterocycles. The smallest absolute Gasteiger partial charge is 0.260 e. The zero-order valence-electron chi connectivity index (χ0n) is 14.6. The molecule has 3 aromatic carbocycles. The zero-order chi connectivity index (χ0) is 20.6. The number of halogens is 5. The number of amidine groups is 1. The van der Waals surface area contributed by atoms with Crippen LogP contribution in [0, 0.1) is 11.6 Å². The Hall–Kier alpha value is -3.55. The van der Waals surface area contributed by atoms with Gasteiger partial charge in [-0.1, -0.05) is 12.1 Å². The van der Waals surface area contributed by atoms with E-state index < -0.39 is 23.4 Å². The lowest BCUT2D eigenvalue weighted by atomic mass is 9.99. The lowest BCUT2D eigenvalue weighted by Gasteiger charge is -2.11. The molecule has 0 atom stereocenters. The lowest BCUT2D eigenvalue weighted by Crippen LogP contribution is -2.20. The van der Waals surface area contributed by atoms with Gasteiger partial charge in [0.25, 0.3) is 0 Å². The minimum absolute atomic E-state index is 0.103. The van der Waals surface area contributed by atoms with Crippen LogP contribution in [0.4, 0.5) is 27.6 Å². The van der Waals surface area contributed by atoms with Crippen LogP contribution in [0.25, 0.3) is 0 Å². The molecule has 3 nitrogen and oxygen atoms in total. The summed E-state index contributed by atoms with van der Waals surface area (Å²) in [7, 11) is 0. The van der Waals surface area contributed by atoms with E-state index in [1.807, 2.05) is 0 Å². The summed E-state index contributed by atoms with van der Waals surface area (Å²) >= 11 is 0. The second-order valence-electron chi connectivity index (χ2n) is 6.28. The lowest BCUT2D eigenvalue weighted by molar-refractivity contribution is -0.137. The first-order chi connectivity index (χ1) is 13.8. The molecule has 0 aliphatic carbocycles. The number of nitrogens with one attached hydrogen (secondary N) is 1. The van der Waals surface area contributed by atoms with Gasteiger partial charge in [-0.3, -0.25) is 5.43 Å². The van der Waals surface area contributed by atoms with E-state index in [0.29, 0.717) is 11.3 Å². The number of hydrogen-bond acceptors (Lipinski definition) is 3. The van der Waals surface area contributed by atoms with Gasteiger partial charge in [-0.15, -0.1) is 0 Å². The topological polar surface area (TPSA) is 36.8 Å². The average molecular weight is 401 g/mol. The van der Waals surface area contributed by atoms with Crippen molar-refractivity contribution in [2.75, 3.05) is 0 Å². The van der Waals surface area contributed by atoms with Crippen molar-refractivity contribution in [2.24, 2.45) is 10.1 Å². The number of benzene rings is 3. The zero-order valence-corrected chi connectivity index (χ0v) is 14.6. The van der Waals surface area contributed by atoms with Crippen LogP contribution in [0.3, 0.4) is 0 Å². The Labute approximate surface area is 162 Å². The number of alkyl halides is 3.